The second-order valence-corrected chi connectivity index (χ2v) is 7.00. The maximum Gasteiger partial charge on any atom is 0.308 e. The van der Waals surface area contributed by atoms with Crippen LogP contribution in [-0.2, 0) is 22.5 Å². The van der Waals surface area contributed by atoms with Crippen molar-refractivity contribution in [1.82, 2.24) is 5.32 Å². The van der Waals surface area contributed by atoms with Gasteiger partial charge in [-0.1, -0.05) is 13.8 Å². The molecule has 0 spiro atoms. The van der Waals surface area contributed by atoms with Gasteiger partial charge in [-0.25, -0.2) is 0 Å². The van der Waals surface area contributed by atoms with E-state index in [2.05, 4.69) is 19.2 Å². The van der Waals surface area contributed by atoms with Gasteiger partial charge < -0.3 is 15.2 Å². The highest BCUT2D eigenvalue weighted by atomic mass is 32.1. The molecule has 1 aromatic heterocycles. The van der Waals surface area contributed by atoms with Crippen LogP contribution >= 0.6 is 11.3 Å². The molecule has 1 aromatic rings. The summed E-state index contributed by atoms with van der Waals surface area (Å²) >= 11 is 1.59. The fourth-order valence-electron chi connectivity index (χ4n) is 2.95. The zero-order valence-corrected chi connectivity index (χ0v) is 13.7. The third-order valence-electron chi connectivity index (χ3n) is 4.39. The van der Waals surface area contributed by atoms with Crippen molar-refractivity contribution in [3.8, 4) is 0 Å². The zero-order valence-electron chi connectivity index (χ0n) is 12.9. The van der Waals surface area contributed by atoms with E-state index in [1.165, 1.54) is 4.88 Å². The number of nitrogens with one attached hydrogen (secondary N) is 1. The number of carboxylic acid groups (broad SMARTS) is 1. The van der Waals surface area contributed by atoms with Crippen LogP contribution in [0, 0.1) is 0 Å². The van der Waals surface area contributed by atoms with E-state index in [0.29, 0.717) is 6.04 Å². The smallest absolute Gasteiger partial charge is 0.308 e. The van der Waals surface area contributed by atoms with E-state index in [4.69, 9.17) is 9.84 Å². The average Bonchev–Trinajstić information content (AvgIpc) is 2.92. The molecule has 1 unspecified atom stereocenters. The molecule has 0 aromatic carbocycles. The highest BCUT2D eigenvalue weighted by Crippen LogP contribution is 2.31. The minimum absolute atomic E-state index is 0.0415. The third-order valence-corrected chi connectivity index (χ3v) is 5.47. The number of carbonyl (C=O) groups is 1. The summed E-state index contributed by atoms with van der Waals surface area (Å²) in [6, 6.07) is 4.44. The summed E-state index contributed by atoms with van der Waals surface area (Å²) in [5.74, 6) is -0.767. The molecule has 1 aliphatic heterocycles. The van der Waals surface area contributed by atoms with Crippen LogP contribution < -0.4 is 5.32 Å². The zero-order chi connectivity index (χ0) is 15.3. The lowest BCUT2D eigenvalue weighted by Gasteiger charge is -2.40. The van der Waals surface area contributed by atoms with E-state index in [1.807, 2.05) is 12.1 Å². The molecule has 0 aliphatic carbocycles. The fourth-order valence-corrected chi connectivity index (χ4v) is 3.91. The summed E-state index contributed by atoms with van der Waals surface area (Å²) in [4.78, 5) is 12.8. The van der Waals surface area contributed by atoms with Gasteiger partial charge in [-0.05, 0) is 37.8 Å². The SMILES string of the molecule is CCC1(CC)CC(NCc2ccc(CC(=O)O)s2)CCO1. The van der Waals surface area contributed by atoms with Gasteiger partial charge in [0.05, 0.1) is 12.0 Å². The van der Waals surface area contributed by atoms with Crippen molar-refractivity contribution in [1.29, 1.82) is 0 Å². The summed E-state index contributed by atoms with van der Waals surface area (Å²) in [6.45, 7) is 6.04. The van der Waals surface area contributed by atoms with Crippen LogP contribution in [0.25, 0.3) is 0 Å². The van der Waals surface area contributed by atoms with E-state index in [0.717, 1.165) is 43.7 Å². The largest absolute Gasteiger partial charge is 0.481 e. The van der Waals surface area contributed by atoms with Crippen LogP contribution in [0.2, 0.25) is 0 Å². The number of rotatable bonds is 7. The number of hydrogen-bond donors (Lipinski definition) is 2. The molecule has 21 heavy (non-hydrogen) atoms. The van der Waals surface area contributed by atoms with Gasteiger partial charge in [0.15, 0.2) is 0 Å². The molecule has 4 nitrogen and oxygen atoms in total. The molecule has 0 saturated carbocycles. The van der Waals surface area contributed by atoms with Crippen molar-refractivity contribution in [2.24, 2.45) is 0 Å². The highest BCUT2D eigenvalue weighted by molar-refractivity contribution is 7.12. The van der Waals surface area contributed by atoms with Crippen molar-refractivity contribution in [3.05, 3.63) is 21.9 Å². The highest BCUT2D eigenvalue weighted by Gasteiger charge is 2.34. The van der Waals surface area contributed by atoms with Gasteiger partial charge in [0, 0.05) is 28.9 Å². The van der Waals surface area contributed by atoms with Gasteiger partial charge in [-0.15, -0.1) is 11.3 Å². The van der Waals surface area contributed by atoms with Crippen LogP contribution in [-0.4, -0.2) is 29.3 Å². The lowest BCUT2D eigenvalue weighted by molar-refractivity contribution is -0.136. The van der Waals surface area contributed by atoms with E-state index >= 15 is 0 Å². The van der Waals surface area contributed by atoms with E-state index in [9.17, 15) is 4.79 Å². The van der Waals surface area contributed by atoms with Crippen LogP contribution in [0.5, 0.6) is 0 Å². The Kier molecular flexibility index (Phi) is 5.79. The summed E-state index contributed by atoms with van der Waals surface area (Å²) in [6.07, 6.45) is 4.35. The first-order valence-electron chi connectivity index (χ1n) is 7.73. The maximum atomic E-state index is 10.7. The Hall–Kier alpha value is -0.910. The average molecular weight is 311 g/mol. The molecule has 0 amide bonds. The standard InChI is InChI=1S/C16H25NO3S/c1-3-16(4-2)10-12(7-8-20-16)17-11-14-6-5-13(21-14)9-15(18)19/h5-6,12,17H,3-4,7-11H2,1-2H3,(H,18,19). The molecule has 0 bridgehead atoms. The van der Waals surface area contributed by atoms with Crippen molar-refractivity contribution < 1.29 is 14.6 Å². The Morgan fingerprint density at radius 2 is 2.14 bits per heavy atom. The molecule has 2 N–H and O–H groups in total. The predicted octanol–water partition coefficient (Wildman–Crippen LogP) is 3.20. The van der Waals surface area contributed by atoms with E-state index < -0.39 is 5.97 Å². The molecule has 1 fully saturated rings. The minimum atomic E-state index is -0.767. The van der Waals surface area contributed by atoms with Crippen molar-refractivity contribution in [3.63, 3.8) is 0 Å². The van der Waals surface area contributed by atoms with Gasteiger partial charge >= 0.3 is 5.97 Å². The van der Waals surface area contributed by atoms with Gasteiger partial charge in [0.1, 0.15) is 0 Å². The fraction of sp³-hybridized carbons (Fsp3) is 0.688. The van der Waals surface area contributed by atoms with Gasteiger partial charge in [-0.2, -0.15) is 0 Å². The van der Waals surface area contributed by atoms with Crippen LogP contribution in [0.4, 0.5) is 0 Å². The normalized spacial score (nSPS) is 21.3. The first kappa shape index (κ1) is 16.5. The molecule has 1 saturated heterocycles. The quantitative estimate of drug-likeness (QED) is 0.812. The second kappa shape index (κ2) is 7.38. The molecule has 5 heteroatoms. The Labute approximate surface area is 130 Å². The molecule has 0 radical (unpaired) electrons. The summed E-state index contributed by atoms with van der Waals surface area (Å²) < 4.78 is 5.99. The summed E-state index contributed by atoms with van der Waals surface area (Å²) in [5, 5.41) is 12.4. The Bertz CT molecular complexity index is 468. The minimum Gasteiger partial charge on any atom is -0.481 e. The first-order chi connectivity index (χ1) is 10.1. The first-order valence-corrected chi connectivity index (χ1v) is 8.55. The summed E-state index contributed by atoms with van der Waals surface area (Å²) in [5.41, 5.74) is 0.0415. The summed E-state index contributed by atoms with van der Waals surface area (Å²) in [7, 11) is 0. The molecular weight excluding hydrogens is 286 g/mol. The van der Waals surface area contributed by atoms with Crippen molar-refractivity contribution in [2.45, 2.75) is 64.1 Å². The third kappa shape index (κ3) is 4.53. The maximum absolute atomic E-state index is 10.7. The van der Waals surface area contributed by atoms with Crippen LogP contribution in [0.3, 0.4) is 0 Å². The predicted molar refractivity (Wildman–Crippen MR) is 84.8 cm³/mol. The number of ether oxygens (including phenoxy) is 1. The Balaban J connectivity index is 1.85. The van der Waals surface area contributed by atoms with Gasteiger partial charge in [0.25, 0.3) is 0 Å². The molecule has 1 aliphatic rings. The van der Waals surface area contributed by atoms with Crippen molar-refractivity contribution in [2.75, 3.05) is 6.61 Å². The number of carboxylic acids is 1. The lowest BCUT2D eigenvalue weighted by atomic mass is 9.86. The molecular formula is C16H25NO3S. The topological polar surface area (TPSA) is 58.6 Å². The molecule has 1 atom stereocenters. The molecule has 2 rings (SSSR count). The van der Waals surface area contributed by atoms with Crippen molar-refractivity contribution >= 4 is 17.3 Å². The van der Waals surface area contributed by atoms with Crippen LogP contribution in [0.1, 0.15) is 49.3 Å². The monoisotopic (exact) mass is 311 g/mol. The molecule has 2 heterocycles. The molecule has 118 valence electrons. The number of hydrogen-bond acceptors (Lipinski definition) is 4. The van der Waals surface area contributed by atoms with E-state index in [1.54, 1.807) is 11.3 Å². The van der Waals surface area contributed by atoms with Crippen LogP contribution in [0.15, 0.2) is 12.1 Å². The van der Waals surface area contributed by atoms with Gasteiger partial charge in [-0.3, -0.25) is 4.79 Å². The van der Waals surface area contributed by atoms with E-state index in [-0.39, 0.29) is 12.0 Å². The Morgan fingerprint density at radius 3 is 2.81 bits per heavy atom. The number of aliphatic carboxylic acids is 1. The van der Waals surface area contributed by atoms with Gasteiger partial charge in [0.2, 0.25) is 0 Å². The second-order valence-electron chi connectivity index (χ2n) is 5.75. The lowest BCUT2D eigenvalue weighted by Crippen LogP contribution is -2.46. The number of thiophene rings is 1. The Morgan fingerprint density at radius 1 is 1.43 bits per heavy atom.